The second-order valence-electron chi connectivity index (χ2n) is 4.64. The van der Waals surface area contributed by atoms with Gasteiger partial charge in [0.25, 0.3) is 0 Å². The number of rotatable bonds is 6. The van der Waals surface area contributed by atoms with Crippen LogP contribution in [0.25, 0.3) is 0 Å². The standard InChI is InChI=1S/C16H16ClF2NO/c1-11(12-6-8-14(17)9-7-12)20-10-13-4-2-3-5-15(13)21-16(18)19/h2-9,11,16,20H,10H2,1H3. The third-order valence-corrected chi connectivity index (χ3v) is 3.41. The molecular formula is C16H16ClF2NO. The SMILES string of the molecule is CC(NCc1ccccc1OC(F)F)c1ccc(Cl)cc1. The van der Waals surface area contributed by atoms with Crippen LogP contribution >= 0.6 is 11.6 Å². The zero-order valence-electron chi connectivity index (χ0n) is 11.5. The van der Waals surface area contributed by atoms with E-state index < -0.39 is 6.61 Å². The molecule has 0 aliphatic rings. The first kappa shape index (κ1) is 15.7. The second-order valence-corrected chi connectivity index (χ2v) is 5.08. The number of halogens is 3. The highest BCUT2D eigenvalue weighted by atomic mass is 35.5. The molecule has 5 heteroatoms. The predicted octanol–water partition coefficient (Wildman–Crippen LogP) is 4.79. The summed E-state index contributed by atoms with van der Waals surface area (Å²) in [6.07, 6.45) is 0. The molecule has 0 fully saturated rings. The quantitative estimate of drug-likeness (QED) is 0.828. The lowest BCUT2D eigenvalue weighted by atomic mass is 10.1. The van der Waals surface area contributed by atoms with Gasteiger partial charge in [0.1, 0.15) is 5.75 Å². The summed E-state index contributed by atoms with van der Waals surface area (Å²) in [5, 5.41) is 3.96. The van der Waals surface area contributed by atoms with E-state index in [1.165, 1.54) is 6.07 Å². The van der Waals surface area contributed by atoms with Crippen molar-refractivity contribution in [1.82, 2.24) is 5.32 Å². The van der Waals surface area contributed by atoms with Crippen molar-refractivity contribution >= 4 is 11.6 Å². The van der Waals surface area contributed by atoms with Gasteiger partial charge in [0.05, 0.1) is 0 Å². The van der Waals surface area contributed by atoms with Crippen molar-refractivity contribution in [2.45, 2.75) is 26.1 Å². The molecule has 112 valence electrons. The molecule has 0 bridgehead atoms. The van der Waals surface area contributed by atoms with Gasteiger partial charge in [-0.25, -0.2) is 0 Å². The van der Waals surface area contributed by atoms with Crippen LogP contribution in [-0.4, -0.2) is 6.61 Å². The Morgan fingerprint density at radius 3 is 2.43 bits per heavy atom. The summed E-state index contributed by atoms with van der Waals surface area (Å²) in [5.74, 6) is 0.198. The molecule has 2 aromatic rings. The molecular weight excluding hydrogens is 296 g/mol. The summed E-state index contributed by atoms with van der Waals surface area (Å²) < 4.78 is 29.2. The summed E-state index contributed by atoms with van der Waals surface area (Å²) in [6.45, 7) is -0.383. The van der Waals surface area contributed by atoms with Gasteiger partial charge < -0.3 is 10.1 Å². The summed E-state index contributed by atoms with van der Waals surface area (Å²) >= 11 is 5.85. The first-order valence-electron chi connectivity index (χ1n) is 6.58. The maximum Gasteiger partial charge on any atom is 0.387 e. The van der Waals surface area contributed by atoms with Gasteiger partial charge in [0.2, 0.25) is 0 Å². The molecule has 1 atom stereocenters. The fraction of sp³-hybridized carbons (Fsp3) is 0.250. The Hall–Kier alpha value is -1.65. The molecule has 0 amide bonds. The molecule has 0 heterocycles. The Labute approximate surface area is 127 Å². The normalized spacial score (nSPS) is 12.4. The lowest BCUT2D eigenvalue weighted by molar-refractivity contribution is -0.0505. The van der Waals surface area contributed by atoms with Gasteiger partial charge in [-0.1, -0.05) is 41.9 Å². The Bertz CT molecular complexity index is 575. The molecule has 1 unspecified atom stereocenters. The molecule has 1 N–H and O–H groups in total. The molecule has 0 aliphatic heterocycles. The van der Waals surface area contributed by atoms with E-state index in [1.54, 1.807) is 18.2 Å². The first-order chi connectivity index (χ1) is 10.1. The van der Waals surface area contributed by atoms with Crippen LogP contribution in [0.5, 0.6) is 5.75 Å². The Balaban J connectivity index is 2.01. The van der Waals surface area contributed by atoms with Crippen LogP contribution < -0.4 is 10.1 Å². The van der Waals surface area contributed by atoms with Gasteiger partial charge >= 0.3 is 6.61 Å². The average molecular weight is 312 g/mol. The Morgan fingerprint density at radius 1 is 1.10 bits per heavy atom. The number of benzene rings is 2. The second kappa shape index (κ2) is 7.38. The van der Waals surface area contributed by atoms with Crippen LogP contribution in [0.1, 0.15) is 24.1 Å². The average Bonchev–Trinajstić information content (AvgIpc) is 2.46. The summed E-state index contributed by atoms with van der Waals surface area (Å²) in [7, 11) is 0. The van der Waals surface area contributed by atoms with Gasteiger partial charge in [-0.05, 0) is 30.7 Å². The van der Waals surface area contributed by atoms with E-state index >= 15 is 0 Å². The highest BCUT2D eigenvalue weighted by Crippen LogP contribution is 2.22. The lowest BCUT2D eigenvalue weighted by Crippen LogP contribution is -2.19. The molecule has 0 spiro atoms. The fourth-order valence-corrected chi connectivity index (χ4v) is 2.12. The largest absolute Gasteiger partial charge is 0.434 e. The van der Waals surface area contributed by atoms with E-state index in [9.17, 15) is 8.78 Å². The van der Waals surface area contributed by atoms with Crippen LogP contribution in [0.15, 0.2) is 48.5 Å². The van der Waals surface area contributed by atoms with Crippen LogP contribution in [0.4, 0.5) is 8.78 Å². The number of hydrogen-bond acceptors (Lipinski definition) is 2. The highest BCUT2D eigenvalue weighted by Gasteiger charge is 2.10. The molecule has 0 saturated heterocycles. The number of alkyl halides is 2. The van der Waals surface area contributed by atoms with Gasteiger partial charge in [-0.2, -0.15) is 8.78 Å². The van der Waals surface area contributed by atoms with Crippen molar-refractivity contribution in [1.29, 1.82) is 0 Å². The van der Waals surface area contributed by atoms with Gasteiger partial charge in [0.15, 0.2) is 0 Å². The number of ether oxygens (including phenoxy) is 1. The topological polar surface area (TPSA) is 21.3 Å². The lowest BCUT2D eigenvalue weighted by Gasteiger charge is -2.16. The first-order valence-corrected chi connectivity index (χ1v) is 6.95. The van der Waals surface area contributed by atoms with Crippen molar-refractivity contribution in [3.8, 4) is 5.75 Å². The zero-order chi connectivity index (χ0) is 15.2. The minimum absolute atomic E-state index is 0.0712. The van der Waals surface area contributed by atoms with Gasteiger partial charge in [0, 0.05) is 23.2 Å². The van der Waals surface area contributed by atoms with E-state index in [-0.39, 0.29) is 11.8 Å². The Kier molecular flexibility index (Phi) is 5.53. The highest BCUT2D eigenvalue weighted by molar-refractivity contribution is 6.30. The van der Waals surface area contributed by atoms with Crippen molar-refractivity contribution < 1.29 is 13.5 Å². The maximum atomic E-state index is 12.3. The van der Waals surface area contributed by atoms with Crippen molar-refractivity contribution in [2.24, 2.45) is 0 Å². The van der Waals surface area contributed by atoms with E-state index in [0.29, 0.717) is 17.1 Å². The summed E-state index contributed by atoms with van der Waals surface area (Å²) in [4.78, 5) is 0. The molecule has 21 heavy (non-hydrogen) atoms. The molecule has 0 aromatic heterocycles. The van der Waals surface area contributed by atoms with Gasteiger partial charge in [-0.3, -0.25) is 0 Å². The summed E-state index contributed by atoms with van der Waals surface area (Å²) in [5.41, 5.74) is 1.77. The molecule has 0 saturated carbocycles. The molecule has 2 aromatic carbocycles. The van der Waals surface area contributed by atoms with Crippen LogP contribution in [0, 0.1) is 0 Å². The third-order valence-electron chi connectivity index (χ3n) is 3.16. The summed E-state index contributed by atoms with van der Waals surface area (Å²) in [6, 6.07) is 14.3. The monoisotopic (exact) mass is 311 g/mol. The van der Waals surface area contributed by atoms with Crippen molar-refractivity contribution in [3.05, 3.63) is 64.7 Å². The maximum absolute atomic E-state index is 12.3. The Morgan fingerprint density at radius 2 is 1.76 bits per heavy atom. The molecule has 2 rings (SSSR count). The smallest absolute Gasteiger partial charge is 0.387 e. The van der Waals surface area contributed by atoms with Crippen molar-refractivity contribution in [2.75, 3.05) is 0 Å². The van der Waals surface area contributed by atoms with Crippen molar-refractivity contribution in [3.63, 3.8) is 0 Å². The molecule has 0 aliphatic carbocycles. The van der Waals surface area contributed by atoms with Crippen LogP contribution in [-0.2, 0) is 6.54 Å². The predicted molar refractivity (Wildman–Crippen MR) is 79.8 cm³/mol. The van der Waals surface area contributed by atoms with E-state index in [1.807, 2.05) is 31.2 Å². The number of hydrogen-bond donors (Lipinski definition) is 1. The molecule has 2 nitrogen and oxygen atoms in total. The van der Waals surface area contributed by atoms with E-state index in [2.05, 4.69) is 10.1 Å². The minimum Gasteiger partial charge on any atom is -0.434 e. The van der Waals surface area contributed by atoms with E-state index in [0.717, 1.165) is 5.56 Å². The van der Waals surface area contributed by atoms with E-state index in [4.69, 9.17) is 11.6 Å². The molecule has 0 radical (unpaired) electrons. The number of nitrogens with one attached hydrogen (secondary N) is 1. The van der Waals surface area contributed by atoms with Crippen LogP contribution in [0.3, 0.4) is 0 Å². The van der Waals surface area contributed by atoms with Gasteiger partial charge in [-0.15, -0.1) is 0 Å². The number of para-hydroxylation sites is 1. The van der Waals surface area contributed by atoms with Crippen LogP contribution in [0.2, 0.25) is 5.02 Å². The zero-order valence-corrected chi connectivity index (χ0v) is 12.3. The minimum atomic E-state index is -2.82. The third kappa shape index (κ3) is 4.69. The fourth-order valence-electron chi connectivity index (χ4n) is 1.99.